The lowest BCUT2D eigenvalue weighted by Gasteiger charge is -2.08. The third-order valence-electron chi connectivity index (χ3n) is 4.84. The molecular formula is C22H15NO2. The summed E-state index contributed by atoms with van der Waals surface area (Å²) in [6.45, 7) is 0. The van der Waals surface area contributed by atoms with Crippen LogP contribution in [0.2, 0.25) is 0 Å². The van der Waals surface area contributed by atoms with E-state index in [-0.39, 0.29) is 11.5 Å². The molecule has 25 heavy (non-hydrogen) atoms. The van der Waals surface area contributed by atoms with E-state index in [2.05, 4.69) is 36.4 Å². The first-order valence-electron chi connectivity index (χ1n) is 8.09. The Hall–Kier alpha value is -3.46. The first kappa shape index (κ1) is 13.9. The minimum atomic E-state index is 0.106. The van der Waals surface area contributed by atoms with Crippen molar-refractivity contribution in [2.45, 2.75) is 0 Å². The first-order chi connectivity index (χ1) is 12.1. The van der Waals surface area contributed by atoms with Crippen molar-refractivity contribution in [3.63, 3.8) is 0 Å². The van der Waals surface area contributed by atoms with E-state index < -0.39 is 0 Å². The quantitative estimate of drug-likeness (QED) is 0.206. The molecule has 3 heteroatoms. The van der Waals surface area contributed by atoms with Crippen LogP contribution in [0.5, 0.6) is 11.5 Å². The fourth-order valence-corrected chi connectivity index (χ4v) is 3.55. The number of fused-ring (bicyclic) bond motifs is 4. The lowest BCUT2D eigenvalue weighted by molar-refractivity contribution is 0.476. The Balaban J connectivity index is 1.87. The molecule has 0 bridgehead atoms. The number of nitrogen functional groups attached to an aromatic ring is 1. The van der Waals surface area contributed by atoms with Gasteiger partial charge in [0.1, 0.15) is 11.5 Å². The molecule has 0 saturated carbocycles. The summed E-state index contributed by atoms with van der Waals surface area (Å²) in [5.41, 5.74) is 6.21. The highest BCUT2D eigenvalue weighted by molar-refractivity contribution is 6.08. The second-order valence-electron chi connectivity index (χ2n) is 6.54. The van der Waals surface area contributed by atoms with Gasteiger partial charge in [0.25, 0.3) is 0 Å². The van der Waals surface area contributed by atoms with Crippen molar-refractivity contribution in [2.75, 3.05) is 5.73 Å². The predicted molar refractivity (Wildman–Crippen MR) is 104 cm³/mol. The van der Waals surface area contributed by atoms with E-state index >= 15 is 0 Å². The fraction of sp³-hybridized carbons (Fsp3) is 0. The van der Waals surface area contributed by atoms with Gasteiger partial charge >= 0.3 is 0 Å². The van der Waals surface area contributed by atoms with Crippen LogP contribution in [0.3, 0.4) is 0 Å². The SMILES string of the molecule is Nc1cc2cc3cc4cc5ccc(O)cc5cc4cc3cc2cc1O. The number of anilines is 1. The lowest BCUT2D eigenvalue weighted by atomic mass is 9.97. The zero-order chi connectivity index (χ0) is 17.1. The minimum Gasteiger partial charge on any atom is -0.508 e. The van der Waals surface area contributed by atoms with Crippen molar-refractivity contribution in [3.05, 3.63) is 66.7 Å². The molecule has 0 heterocycles. The van der Waals surface area contributed by atoms with Crippen LogP contribution in [0, 0.1) is 0 Å². The zero-order valence-corrected chi connectivity index (χ0v) is 13.3. The van der Waals surface area contributed by atoms with Crippen LogP contribution < -0.4 is 5.73 Å². The van der Waals surface area contributed by atoms with E-state index in [1.807, 2.05) is 6.07 Å². The molecule has 0 fully saturated rings. The molecule has 3 nitrogen and oxygen atoms in total. The summed E-state index contributed by atoms with van der Waals surface area (Å²) in [6, 6.07) is 21.6. The molecule has 0 amide bonds. The number of phenols is 2. The molecule has 0 unspecified atom stereocenters. The second kappa shape index (κ2) is 4.77. The molecule has 0 aromatic heterocycles. The van der Waals surface area contributed by atoms with Crippen LogP contribution in [0.15, 0.2) is 66.7 Å². The summed E-state index contributed by atoms with van der Waals surface area (Å²) in [7, 11) is 0. The normalized spacial score (nSPS) is 11.7. The Morgan fingerprint density at radius 3 is 1.52 bits per heavy atom. The molecule has 0 radical (unpaired) electrons. The summed E-state index contributed by atoms with van der Waals surface area (Å²) in [5.74, 6) is 0.376. The van der Waals surface area contributed by atoms with Crippen molar-refractivity contribution in [3.8, 4) is 11.5 Å². The van der Waals surface area contributed by atoms with Crippen molar-refractivity contribution in [1.82, 2.24) is 0 Å². The van der Waals surface area contributed by atoms with E-state index in [9.17, 15) is 10.2 Å². The highest BCUT2D eigenvalue weighted by Crippen LogP contribution is 2.33. The number of benzene rings is 5. The molecule has 120 valence electrons. The topological polar surface area (TPSA) is 66.5 Å². The third-order valence-corrected chi connectivity index (χ3v) is 4.84. The van der Waals surface area contributed by atoms with E-state index in [1.165, 1.54) is 0 Å². The van der Waals surface area contributed by atoms with Gasteiger partial charge in [-0.3, -0.25) is 0 Å². The standard InChI is InChI=1S/C22H15NO2/c23-21-10-18-7-15-4-13-3-12-1-2-20(24)9-17(12)6-14(13)5-16(15)8-19(18)11-22(21)25/h1-11,24-25H,23H2. The summed E-state index contributed by atoms with van der Waals surface area (Å²) in [5, 5.41) is 28.1. The van der Waals surface area contributed by atoms with Crippen LogP contribution >= 0.6 is 0 Å². The molecule has 0 atom stereocenters. The molecular weight excluding hydrogens is 310 g/mol. The molecule has 0 aliphatic heterocycles. The summed E-state index contributed by atoms with van der Waals surface area (Å²) in [4.78, 5) is 0. The Labute approximate surface area is 143 Å². The fourth-order valence-electron chi connectivity index (χ4n) is 3.55. The highest BCUT2D eigenvalue weighted by atomic mass is 16.3. The van der Waals surface area contributed by atoms with E-state index in [0.29, 0.717) is 5.69 Å². The van der Waals surface area contributed by atoms with Crippen LogP contribution in [0.4, 0.5) is 5.69 Å². The first-order valence-corrected chi connectivity index (χ1v) is 8.09. The third kappa shape index (κ3) is 2.13. The van der Waals surface area contributed by atoms with E-state index in [1.54, 1.807) is 24.3 Å². The van der Waals surface area contributed by atoms with Gasteiger partial charge < -0.3 is 15.9 Å². The van der Waals surface area contributed by atoms with E-state index in [0.717, 1.165) is 43.1 Å². The molecule has 0 aliphatic carbocycles. The maximum atomic E-state index is 9.86. The van der Waals surface area contributed by atoms with Crippen molar-refractivity contribution in [1.29, 1.82) is 0 Å². The highest BCUT2D eigenvalue weighted by Gasteiger charge is 2.06. The van der Waals surface area contributed by atoms with Crippen molar-refractivity contribution < 1.29 is 10.2 Å². The average molecular weight is 325 g/mol. The Morgan fingerprint density at radius 1 is 0.480 bits per heavy atom. The summed E-state index contributed by atoms with van der Waals surface area (Å²) in [6.07, 6.45) is 0. The molecule has 5 aromatic rings. The van der Waals surface area contributed by atoms with E-state index in [4.69, 9.17) is 5.73 Å². The largest absolute Gasteiger partial charge is 0.508 e. The molecule has 0 spiro atoms. The lowest BCUT2D eigenvalue weighted by Crippen LogP contribution is -1.86. The smallest absolute Gasteiger partial charge is 0.139 e. The minimum absolute atomic E-state index is 0.106. The Kier molecular flexibility index (Phi) is 2.66. The summed E-state index contributed by atoms with van der Waals surface area (Å²) >= 11 is 0. The van der Waals surface area contributed by atoms with Gasteiger partial charge in [-0.05, 0) is 104 Å². The number of rotatable bonds is 0. The van der Waals surface area contributed by atoms with Crippen LogP contribution in [-0.4, -0.2) is 10.2 Å². The average Bonchev–Trinajstić information content (AvgIpc) is 2.58. The van der Waals surface area contributed by atoms with Gasteiger partial charge in [-0.15, -0.1) is 0 Å². The van der Waals surface area contributed by atoms with Gasteiger partial charge in [-0.2, -0.15) is 0 Å². The number of aromatic hydroxyl groups is 2. The van der Waals surface area contributed by atoms with Crippen LogP contribution in [-0.2, 0) is 0 Å². The van der Waals surface area contributed by atoms with Crippen molar-refractivity contribution in [2.24, 2.45) is 0 Å². The van der Waals surface area contributed by atoms with Gasteiger partial charge in [0.2, 0.25) is 0 Å². The molecule has 0 saturated heterocycles. The van der Waals surface area contributed by atoms with Gasteiger partial charge in [0.05, 0.1) is 5.69 Å². The number of nitrogens with two attached hydrogens (primary N) is 1. The van der Waals surface area contributed by atoms with Crippen molar-refractivity contribution >= 4 is 48.8 Å². The molecule has 4 N–H and O–H groups in total. The van der Waals surface area contributed by atoms with Gasteiger partial charge in [-0.1, -0.05) is 6.07 Å². The Bertz CT molecular complexity index is 1320. The number of hydrogen-bond donors (Lipinski definition) is 3. The van der Waals surface area contributed by atoms with Gasteiger partial charge in [-0.25, -0.2) is 0 Å². The van der Waals surface area contributed by atoms with Crippen LogP contribution in [0.1, 0.15) is 0 Å². The zero-order valence-electron chi connectivity index (χ0n) is 13.3. The maximum absolute atomic E-state index is 9.86. The van der Waals surface area contributed by atoms with Crippen LogP contribution in [0.25, 0.3) is 43.1 Å². The second-order valence-corrected chi connectivity index (χ2v) is 6.54. The molecule has 5 rings (SSSR count). The van der Waals surface area contributed by atoms with Gasteiger partial charge in [0, 0.05) is 0 Å². The molecule has 5 aromatic carbocycles. The predicted octanol–water partition coefficient (Wildman–Crippen LogP) is 5.29. The molecule has 0 aliphatic rings. The number of phenolic OH excluding ortho intramolecular Hbond substituents is 2. The Morgan fingerprint density at radius 2 is 0.920 bits per heavy atom. The maximum Gasteiger partial charge on any atom is 0.139 e. The monoisotopic (exact) mass is 325 g/mol. The summed E-state index contributed by atoms with van der Waals surface area (Å²) < 4.78 is 0. The number of hydrogen-bond acceptors (Lipinski definition) is 3. The van der Waals surface area contributed by atoms with Gasteiger partial charge in [0.15, 0.2) is 0 Å².